The highest BCUT2D eigenvalue weighted by Crippen LogP contribution is 2.25. The van der Waals surface area contributed by atoms with Gasteiger partial charge in [0.05, 0.1) is 13.3 Å². The summed E-state index contributed by atoms with van der Waals surface area (Å²) in [5.41, 5.74) is 9.21. The zero-order chi connectivity index (χ0) is 12.8. The standard InChI is InChI=1S/C14H22FNO/c1-10-7-13(9-12(3)16)8-11(2)14(10)17-6-4-5-15/h7-8,12H,4-6,9,16H2,1-3H3. The predicted molar refractivity (Wildman–Crippen MR) is 69.4 cm³/mol. The van der Waals surface area contributed by atoms with Crippen LogP contribution in [0.1, 0.15) is 30.0 Å². The summed E-state index contributed by atoms with van der Waals surface area (Å²) in [6, 6.07) is 4.36. The normalized spacial score (nSPS) is 12.5. The number of aryl methyl sites for hydroxylation is 2. The maximum absolute atomic E-state index is 12.0. The van der Waals surface area contributed by atoms with E-state index in [0.717, 1.165) is 23.3 Å². The zero-order valence-corrected chi connectivity index (χ0v) is 10.9. The number of halogens is 1. The summed E-state index contributed by atoms with van der Waals surface area (Å²) < 4.78 is 17.6. The molecule has 0 aliphatic rings. The molecule has 1 rings (SSSR count). The first-order valence-corrected chi connectivity index (χ1v) is 6.09. The Kier molecular flexibility index (Phi) is 5.42. The van der Waals surface area contributed by atoms with E-state index in [4.69, 9.17) is 10.5 Å². The average molecular weight is 239 g/mol. The lowest BCUT2D eigenvalue weighted by molar-refractivity contribution is 0.286. The molecule has 0 bridgehead atoms. The highest BCUT2D eigenvalue weighted by Gasteiger charge is 2.07. The Hall–Kier alpha value is -1.09. The van der Waals surface area contributed by atoms with Gasteiger partial charge in [0.15, 0.2) is 0 Å². The summed E-state index contributed by atoms with van der Waals surface area (Å²) in [6.45, 7) is 6.13. The van der Waals surface area contributed by atoms with Gasteiger partial charge in [-0.25, -0.2) is 0 Å². The SMILES string of the molecule is Cc1cc(CC(C)N)cc(C)c1OCCCF. The number of hydrogen-bond donors (Lipinski definition) is 1. The molecular formula is C14H22FNO. The molecule has 2 N–H and O–H groups in total. The van der Waals surface area contributed by atoms with Gasteiger partial charge in [-0.1, -0.05) is 12.1 Å². The third kappa shape index (κ3) is 4.35. The van der Waals surface area contributed by atoms with Gasteiger partial charge in [-0.3, -0.25) is 4.39 Å². The van der Waals surface area contributed by atoms with Crippen LogP contribution in [0.2, 0.25) is 0 Å². The third-order valence-corrected chi connectivity index (χ3v) is 2.60. The van der Waals surface area contributed by atoms with Crippen LogP contribution in [0.4, 0.5) is 4.39 Å². The molecule has 0 aromatic heterocycles. The molecule has 2 nitrogen and oxygen atoms in total. The molecule has 0 fully saturated rings. The van der Waals surface area contributed by atoms with E-state index in [2.05, 4.69) is 12.1 Å². The minimum Gasteiger partial charge on any atom is -0.493 e. The Morgan fingerprint density at radius 3 is 2.35 bits per heavy atom. The molecular weight excluding hydrogens is 217 g/mol. The molecule has 0 saturated carbocycles. The Morgan fingerprint density at radius 2 is 1.88 bits per heavy atom. The zero-order valence-electron chi connectivity index (χ0n) is 10.9. The number of alkyl halides is 1. The average Bonchev–Trinajstić information content (AvgIpc) is 2.21. The summed E-state index contributed by atoms with van der Waals surface area (Å²) in [7, 11) is 0. The molecule has 0 spiro atoms. The van der Waals surface area contributed by atoms with Gasteiger partial charge in [-0.05, 0) is 43.9 Å². The minimum absolute atomic E-state index is 0.159. The molecule has 0 aliphatic carbocycles. The predicted octanol–water partition coefficient (Wildman–Crippen LogP) is 2.93. The monoisotopic (exact) mass is 239 g/mol. The van der Waals surface area contributed by atoms with Crippen molar-refractivity contribution in [1.29, 1.82) is 0 Å². The summed E-state index contributed by atoms with van der Waals surface area (Å²) in [4.78, 5) is 0. The van der Waals surface area contributed by atoms with Gasteiger partial charge >= 0.3 is 0 Å². The van der Waals surface area contributed by atoms with Crippen molar-refractivity contribution in [3.63, 3.8) is 0 Å². The maximum atomic E-state index is 12.0. The fourth-order valence-corrected chi connectivity index (χ4v) is 1.99. The summed E-state index contributed by atoms with van der Waals surface area (Å²) >= 11 is 0. The van der Waals surface area contributed by atoms with E-state index in [1.165, 1.54) is 5.56 Å². The lowest BCUT2D eigenvalue weighted by Crippen LogP contribution is -2.18. The lowest BCUT2D eigenvalue weighted by atomic mass is 10.0. The molecule has 0 saturated heterocycles. The van der Waals surface area contributed by atoms with Crippen molar-refractivity contribution in [3.8, 4) is 5.75 Å². The van der Waals surface area contributed by atoms with Crippen LogP contribution < -0.4 is 10.5 Å². The molecule has 0 radical (unpaired) electrons. The first-order valence-electron chi connectivity index (χ1n) is 6.09. The van der Waals surface area contributed by atoms with E-state index in [9.17, 15) is 4.39 Å². The number of rotatable bonds is 6. The molecule has 96 valence electrons. The van der Waals surface area contributed by atoms with Gasteiger partial charge in [-0.2, -0.15) is 0 Å². The Bertz CT molecular complexity index is 340. The van der Waals surface area contributed by atoms with E-state index >= 15 is 0 Å². The molecule has 1 aromatic carbocycles. The molecule has 17 heavy (non-hydrogen) atoms. The number of nitrogens with two attached hydrogens (primary N) is 1. The minimum atomic E-state index is -0.332. The van der Waals surface area contributed by atoms with Gasteiger partial charge in [0.25, 0.3) is 0 Å². The van der Waals surface area contributed by atoms with Gasteiger partial charge in [0.1, 0.15) is 5.75 Å². The van der Waals surface area contributed by atoms with Crippen LogP contribution in [-0.2, 0) is 6.42 Å². The van der Waals surface area contributed by atoms with Crippen LogP contribution in [0.3, 0.4) is 0 Å². The fraction of sp³-hybridized carbons (Fsp3) is 0.571. The molecule has 3 heteroatoms. The summed E-state index contributed by atoms with van der Waals surface area (Å²) in [5, 5.41) is 0. The first-order chi connectivity index (χ1) is 8.04. The highest BCUT2D eigenvalue weighted by molar-refractivity contribution is 5.43. The molecule has 0 heterocycles. The summed E-state index contributed by atoms with van der Waals surface area (Å²) in [5.74, 6) is 0.881. The lowest BCUT2D eigenvalue weighted by Gasteiger charge is -2.14. The number of hydrogen-bond acceptors (Lipinski definition) is 2. The fourth-order valence-electron chi connectivity index (χ4n) is 1.99. The van der Waals surface area contributed by atoms with Crippen molar-refractivity contribution >= 4 is 0 Å². The summed E-state index contributed by atoms with van der Waals surface area (Å²) in [6.07, 6.45) is 1.31. The van der Waals surface area contributed by atoms with E-state index in [1.54, 1.807) is 0 Å². The van der Waals surface area contributed by atoms with Crippen LogP contribution in [0, 0.1) is 13.8 Å². The van der Waals surface area contributed by atoms with Crippen LogP contribution in [0.15, 0.2) is 12.1 Å². The van der Waals surface area contributed by atoms with Crippen LogP contribution in [0.25, 0.3) is 0 Å². The van der Waals surface area contributed by atoms with Crippen molar-refractivity contribution in [1.82, 2.24) is 0 Å². The molecule has 1 unspecified atom stereocenters. The Labute approximate surface area is 103 Å². The van der Waals surface area contributed by atoms with E-state index < -0.39 is 0 Å². The highest BCUT2D eigenvalue weighted by atomic mass is 19.1. The molecule has 1 atom stereocenters. The Balaban J connectivity index is 2.79. The largest absolute Gasteiger partial charge is 0.493 e. The van der Waals surface area contributed by atoms with Crippen molar-refractivity contribution in [2.45, 2.75) is 39.7 Å². The third-order valence-electron chi connectivity index (χ3n) is 2.60. The van der Waals surface area contributed by atoms with Gasteiger partial charge in [-0.15, -0.1) is 0 Å². The molecule has 0 aliphatic heterocycles. The second kappa shape index (κ2) is 6.60. The number of benzene rings is 1. The van der Waals surface area contributed by atoms with Gasteiger partial charge in [0.2, 0.25) is 0 Å². The van der Waals surface area contributed by atoms with Crippen molar-refractivity contribution < 1.29 is 9.13 Å². The van der Waals surface area contributed by atoms with E-state index in [-0.39, 0.29) is 12.7 Å². The van der Waals surface area contributed by atoms with Crippen molar-refractivity contribution in [3.05, 3.63) is 28.8 Å². The van der Waals surface area contributed by atoms with Crippen LogP contribution in [0.5, 0.6) is 5.75 Å². The number of ether oxygens (including phenoxy) is 1. The van der Waals surface area contributed by atoms with Crippen LogP contribution >= 0.6 is 0 Å². The first kappa shape index (κ1) is 14.0. The molecule has 1 aromatic rings. The van der Waals surface area contributed by atoms with E-state index in [0.29, 0.717) is 13.0 Å². The maximum Gasteiger partial charge on any atom is 0.125 e. The second-order valence-corrected chi connectivity index (χ2v) is 4.63. The molecule has 0 amide bonds. The quantitative estimate of drug-likeness (QED) is 0.775. The van der Waals surface area contributed by atoms with E-state index in [1.807, 2.05) is 20.8 Å². The smallest absolute Gasteiger partial charge is 0.125 e. The van der Waals surface area contributed by atoms with Gasteiger partial charge in [0, 0.05) is 12.5 Å². The van der Waals surface area contributed by atoms with Gasteiger partial charge < -0.3 is 10.5 Å². The van der Waals surface area contributed by atoms with Crippen molar-refractivity contribution in [2.24, 2.45) is 5.73 Å². The topological polar surface area (TPSA) is 35.2 Å². The van der Waals surface area contributed by atoms with Crippen LogP contribution in [-0.4, -0.2) is 19.3 Å². The Morgan fingerprint density at radius 1 is 1.29 bits per heavy atom. The second-order valence-electron chi connectivity index (χ2n) is 4.63. The van der Waals surface area contributed by atoms with Crippen molar-refractivity contribution in [2.75, 3.05) is 13.3 Å².